The Hall–Kier alpha value is -1.70. The van der Waals surface area contributed by atoms with Gasteiger partial charge in [-0.2, -0.15) is 0 Å². The molecule has 7 heteroatoms. The quantitative estimate of drug-likeness (QED) is 0.748. The largest absolute Gasteiger partial charge is 0.325 e. The smallest absolute Gasteiger partial charge is 0.235 e. The third kappa shape index (κ3) is 4.34. The van der Waals surface area contributed by atoms with Gasteiger partial charge < -0.3 is 5.32 Å². The van der Waals surface area contributed by atoms with Gasteiger partial charge in [-0.3, -0.25) is 4.79 Å². The van der Waals surface area contributed by atoms with Crippen molar-refractivity contribution in [2.75, 3.05) is 5.32 Å². The minimum Gasteiger partial charge on any atom is -0.325 e. The Morgan fingerprint density at radius 3 is 2.15 bits per heavy atom. The molecule has 5 nitrogen and oxygen atoms in total. The average molecular weight is 437 g/mol. The lowest BCUT2D eigenvalue weighted by atomic mass is 9.78. The van der Waals surface area contributed by atoms with E-state index >= 15 is 0 Å². The Balaban J connectivity index is 1.79. The first-order chi connectivity index (χ1) is 12.3. The maximum atomic E-state index is 13.1. The summed E-state index contributed by atoms with van der Waals surface area (Å²) in [4.78, 5) is 13.1. The highest BCUT2D eigenvalue weighted by Gasteiger charge is 2.42. The number of primary sulfonamides is 1. The van der Waals surface area contributed by atoms with Crippen molar-refractivity contribution in [2.45, 2.75) is 36.9 Å². The highest BCUT2D eigenvalue weighted by atomic mass is 79.9. The standard InChI is InChI=1S/C19H21BrN2O3S/c20-16-7-5-15(6-8-16)19(11-1-2-12-19)18(23)22-17-9-3-14(4-10-17)13-26(21,24)25/h3-10H,1-2,11-13H2,(H,22,23)(H2,21,24,25). The fraction of sp³-hybridized carbons (Fsp3) is 0.316. The van der Waals surface area contributed by atoms with E-state index in [0.717, 1.165) is 35.7 Å². The molecular weight excluding hydrogens is 416 g/mol. The molecule has 0 atom stereocenters. The minimum absolute atomic E-state index is 0.0171. The van der Waals surface area contributed by atoms with E-state index in [9.17, 15) is 13.2 Å². The predicted octanol–water partition coefficient (Wildman–Crippen LogP) is 3.69. The van der Waals surface area contributed by atoms with E-state index < -0.39 is 15.4 Å². The summed E-state index contributed by atoms with van der Waals surface area (Å²) in [5.74, 6) is -0.235. The van der Waals surface area contributed by atoms with Crippen molar-refractivity contribution >= 4 is 37.5 Å². The first kappa shape index (κ1) is 19.1. The highest BCUT2D eigenvalue weighted by Crippen LogP contribution is 2.42. The molecule has 0 spiro atoms. The number of carbonyl (C=O) groups excluding carboxylic acids is 1. The molecule has 3 N–H and O–H groups in total. The molecule has 1 fully saturated rings. The molecule has 0 aliphatic heterocycles. The summed E-state index contributed by atoms with van der Waals surface area (Å²) < 4.78 is 23.3. The molecule has 0 bridgehead atoms. The van der Waals surface area contributed by atoms with Crippen molar-refractivity contribution in [1.29, 1.82) is 0 Å². The Kier molecular flexibility index (Phi) is 5.50. The van der Waals surface area contributed by atoms with Crippen LogP contribution in [0.3, 0.4) is 0 Å². The van der Waals surface area contributed by atoms with Crippen LogP contribution < -0.4 is 10.5 Å². The molecule has 138 valence electrons. The van der Waals surface area contributed by atoms with Gasteiger partial charge in [0.1, 0.15) is 0 Å². The van der Waals surface area contributed by atoms with Gasteiger partial charge in [0.25, 0.3) is 0 Å². The number of benzene rings is 2. The van der Waals surface area contributed by atoms with E-state index in [-0.39, 0.29) is 11.7 Å². The monoisotopic (exact) mass is 436 g/mol. The fourth-order valence-corrected chi connectivity index (χ4v) is 4.48. The second-order valence-corrected chi connectivity index (χ2v) is 9.28. The molecule has 26 heavy (non-hydrogen) atoms. The van der Waals surface area contributed by atoms with Crippen molar-refractivity contribution in [1.82, 2.24) is 0 Å². The lowest BCUT2D eigenvalue weighted by Crippen LogP contribution is -2.37. The normalized spacial score (nSPS) is 16.4. The van der Waals surface area contributed by atoms with Crippen LogP contribution in [0.1, 0.15) is 36.8 Å². The van der Waals surface area contributed by atoms with Gasteiger partial charge in [0, 0.05) is 10.2 Å². The summed E-state index contributed by atoms with van der Waals surface area (Å²) in [5.41, 5.74) is 1.76. The van der Waals surface area contributed by atoms with Crippen molar-refractivity contribution in [3.05, 3.63) is 64.1 Å². The molecule has 1 saturated carbocycles. The van der Waals surface area contributed by atoms with Gasteiger partial charge in [-0.15, -0.1) is 0 Å². The van der Waals surface area contributed by atoms with Crippen LogP contribution in [-0.2, 0) is 26.0 Å². The molecule has 1 aliphatic carbocycles. The highest BCUT2D eigenvalue weighted by molar-refractivity contribution is 9.10. The fourth-order valence-electron chi connectivity index (χ4n) is 3.56. The summed E-state index contributed by atoms with van der Waals surface area (Å²) >= 11 is 3.44. The summed E-state index contributed by atoms with van der Waals surface area (Å²) in [6.45, 7) is 0. The molecule has 0 unspecified atom stereocenters. The number of nitrogens with one attached hydrogen (secondary N) is 1. The first-order valence-electron chi connectivity index (χ1n) is 8.45. The van der Waals surface area contributed by atoms with Crippen LogP contribution in [0.5, 0.6) is 0 Å². The molecule has 0 heterocycles. The van der Waals surface area contributed by atoms with Gasteiger partial charge in [0.15, 0.2) is 0 Å². The van der Waals surface area contributed by atoms with E-state index in [1.807, 2.05) is 24.3 Å². The van der Waals surface area contributed by atoms with E-state index in [1.54, 1.807) is 24.3 Å². The Labute approximate surface area is 162 Å². The molecule has 1 amide bonds. The van der Waals surface area contributed by atoms with E-state index in [0.29, 0.717) is 11.3 Å². The molecule has 2 aromatic rings. The number of carbonyl (C=O) groups is 1. The number of rotatable bonds is 5. The Morgan fingerprint density at radius 1 is 1.04 bits per heavy atom. The third-order valence-corrected chi connectivity index (χ3v) is 6.13. The second-order valence-electron chi connectivity index (χ2n) is 6.75. The molecule has 0 saturated heterocycles. The zero-order chi connectivity index (χ0) is 18.8. The molecule has 2 aromatic carbocycles. The van der Waals surface area contributed by atoms with Crippen LogP contribution in [0.4, 0.5) is 5.69 Å². The number of amides is 1. The first-order valence-corrected chi connectivity index (χ1v) is 11.0. The van der Waals surface area contributed by atoms with Gasteiger partial charge in [-0.05, 0) is 48.2 Å². The lowest BCUT2D eigenvalue weighted by Gasteiger charge is -2.28. The van der Waals surface area contributed by atoms with Crippen LogP contribution >= 0.6 is 15.9 Å². The van der Waals surface area contributed by atoms with E-state index in [4.69, 9.17) is 5.14 Å². The number of hydrogen-bond donors (Lipinski definition) is 2. The van der Waals surface area contributed by atoms with E-state index in [1.165, 1.54) is 0 Å². The average Bonchev–Trinajstić information content (AvgIpc) is 3.07. The number of anilines is 1. The number of hydrogen-bond acceptors (Lipinski definition) is 3. The number of halogens is 1. The predicted molar refractivity (Wildman–Crippen MR) is 106 cm³/mol. The minimum atomic E-state index is -3.57. The van der Waals surface area contributed by atoms with Crippen LogP contribution in [0.2, 0.25) is 0 Å². The summed E-state index contributed by atoms with van der Waals surface area (Å²) in [6, 6.07) is 14.7. The number of sulfonamides is 1. The van der Waals surface area contributed by atoms with Gasteiger partial charge in [-0.25, -0.2) is 13.6 Å². The van der Waals surface area contributed by atoms with Crippen molar-refractivity contribution in [3.8, 4) is 0 Å². The maximum absolute atomic E-state index is 13.1. The molecule has 0 aromatic heterocycles. The van der Waals surface area contributed by atoms with Crippen LogP contribution in [0.25, 0.3) is 0 Å². The molecule has 1 aliphatic rings. The van der Waals surface area contributed by atoms with Crippen LogP contribution in [0.15, 0.2) is 53.0 Å². The molecule has 3 rings (SSSR count). The van der Waals surface area contributed by atoms with Crippen molar-refractivity contribution in [3.63, 3.8) is 0 Å². The Bertz CT molecular complexity index is 887. The van der Waals surface area contributed by atoms with Crippen LogP contribution in [-0.4, -0.2) is 14.3 Å². The number of nitrogens with two attached hydrogens (primary N) is 1. The van der Waals surface area contributed by atoms with Gasteiger partial charge in [0.05, 0.1) is 11.2 Å². The zero-order valence-electron chi connectivity index (χ0n) is 14.2. The van der Waals surface area contributed by atoms with Gasteiger partial charge in [0.2, 0.25) is 15.9 Å². The van der Waals surface area contributed by atoms with Gasteiger partial charge in [-0.1, -0.05) is 53.0 Å². The lowest BCUT2D eigenvalue weighted by molar-refractivity contribution is -0.121. The topological polar surface area (TPSA) is 89.3 Å². The second kappa shape index (κ2) is 7.50. The zero-order valence-corrected chi connectivity index (χ0v) is 16.6. The SMILES string of the molecule is NS(=O)(=O)Cc1ccc(NC(=O)C2(c3ccc(Br)cc3)CCCC2)cc1. The third-order valence-electron chi connectivity index (χ3n) is 4.87. The maximum Gasteiger partial charge on any atom is 0.235 e. The van der Waals surface area contributed by atoms with Crippen molar-refractivity contribution in [2.24, 2.45) is 5.14 Å². The summed E-state index contributed by atoms with van der Waals surface area (Å²) in [6.07, 6.45) is 3.70. The molecule has 0 radical (unpaired) electrons. The summed E-state index contributed by atoms with van der Waals surface area (Å²) in [7, 11) is -3.57. The van der Waals surface area contributed by atoms with Crippen molar-refractivity contribution < 1.29 is 13.2 Å². The molecular formula is C19H21BrN2O3S. The van der Waals surface area contributed by atoms with Crippen LogP contribution in [0, 0.1) is 0 Å². The van der Waals surface area contributed by atoms with Gasteiger partial charge >= 0.3 is 0 Å². The Morgan fingerprint density at radius 2 is 1.62 bits per heavy atom. The summed E-state index contributed by atoms with van der Waals surface area (Å²) in [5, 5.41) is 8.06. The van der Waals surface area contributed by atoms with E-state index in [2.05, 4.69) is 21.2 Å².